The lowest BCUT2D eigenvalue weighted by Gasteiger charge is -2.22. The van der Waals surface area contributed by atoms with E-state index in [4.69, 9.17) is 0 Å². The van der Waals surface area contributed by atoms with Crippen molar-refractivity contribution in [2.24, 2.45) is 0 Å². The number of aryl methyl sites for hydroxylation is 1. The van der Waals surface area contributed by atoms with Crippen molar-refractivity contribution in [3.8, 4) is 11.1 Å². The number of pyridine rings is 1. The minimum atomic E-state index is -0.201. The number of nitrogens with zero attached hydrogens (tertiary/aromatic N) is 1. The molecule has 0 unspecified atom stereocenters. The molecule has 0 fully saturated rings. The van der Waals surface area contributed by atoms with Gasteiger partial charge in [-0.05, 0) is 47.2 Å². The number of aromatic nitrogens is 1. The number of rotatable bonds is 1. The fourth-order valence-electron chi connectivity index (χ4n) is 2.02. The van der Waals surface area contributed by atoms with Crippen LogP contribution in [0.3, 0.4) is 0 Å². The second-order valence-electron chi connectivity index (χ2n) is 5.65. The second-order valence-corrected chi connectivity index (χ2v) is 5.65. The van der Waals surface area contributed by atoms with Crippen LogP contribution in [0.2, 0.25) is 0 Å². The average Bonchev–Trinajstić information content (AvgIpc) is 2.32. The molecular weight excluding hydrogens is 225 g/mol. The fourth-order valence-corrected chi connectivity index (χ4v) is 2.02. The molecule has 2 heteroatoms. The van der Waals surface area contributed by atoms with E-state index < -0.39 is 0 Å². The summed E-state index contributed by atoms with van der Waals surface area (Å²) in [7, 11) is 0. The van der Waals surface area contributed by atoms with Crippen LogP contribution in [0.15, 0.2) is 36.7 Å². The summed E-state index contributed by atoms with van der Waals surface area (Å²) >= 11 is 0. The van der Waals surface area contributed by atoms with Gasteiger partial charge in [0.2, 0.25) is 0 Å². The lowest BCUT2D eigenvalue weighted by Crippen LogP contribution is -2.14. The molecule has 1 aromatic heterocycles. The van der Waals surface area contributed by atoms with Gasteiger partial charge >= 0.3 is 0 Å². The van der Waals surface area contributed by atoms with E-state index in [2.05, 4.69) is 4.98 Å². The van der Waals surface area contributed by atoms with Crippen molar-refractivity contribution in [3.05, 3.63) is 53.6 Å². The third-order valence-corrected chi connectivity index (χ3v) is 3.06. The van der Waals surface area contributed by atoms with Gasteiger partial charge in [0.1, 0.15) is 5.82 Å². The zero-order chi connectivity index (χ0) is 13.3. The Morgan fingerprint density at radius 1 is 1.11 bits per heavy atom. The number of hydrogen-bond donors (Lipinski definition) is 0. The molecule has 0 aliphatic rings. The Morgan fingerprint density at radius 3 is 2.39 bits per heavy atom. The maximum atomic E-state index is 14.2. The summed E-state index contributed by atoms with van der Waals surface area (Å²) in [6, 6.07) is 7.69. The van der Waals surface area contributed by atoms with E-state index in [0.29, 0.717) is 5.56 Å². The Kier molecular flexibility index (Phi) is 3.20. The summed E-state index contributed by atoms with van der Waals surface area (Å²) in [5.74, 6) is -0.102. The van der Waals surface area contributed by atoms with Gasteiger partial charge in [-0.3, -0.25) is 4.98 Å². The van der Waals surface area contributed by atoms with Crippen LogP contribution in [0.25, 0.3) is 11.1 Å². The standard InChI is InChI=1S/C16H18FN/c1-11-8-13(12-6-5-7-18-10-12)9-14(15(11)17)16(2,3)4/h5-10H,1-4H3. The molecule has 0 amide bonds. The Labute approximate surface area is 108 Å². The van der Waals surface area contributed by atoms with Gasteiger partial charge in [0.25, 0.3) is 0 Å². The molecule has 0 aliphatic carbocycles. The van der Waals surface area contributed by atoms with E-state index in [1.165, 1.54) is 0 Å². The Balaban J connectivity index is 2.62. The molecule has 94 valence electrons. The predicted octanol–water partition coefficient (Wildman–Crippen LogP) is 4.49. The minimum absolute atomic E-state index is 0.102. The second kappa shape index (κ2) is 4.52. The van der Waals surface area contributed by atoms with E-state index in [1.807, 2.05) is 52.0 Å². The lowest BCUT2D eigenvalue weighted by atomic mass is 9.84. The highest BCUT2D eigenvalue weighted by atomic mass is 19.1. The van der Waals surface area contributed by atoms with Gasteiger partial charge in [-0.25, -0.2) is 4.39 Å². The highest BCUT2D eigenvalue weighted by Crippen LogP contribution is 2.31. The van der Waals surface area contributed by atoms with Crippen LogP contribution in [0.5, 0.6) is 0 Å². The monoisotopic (exact) mass is 243 g/mol. The van der Waals surface area contributed by atoms with Gasteiger partial charge < -0.3 is 0 Å². The summed E-state index contributed by atoms with van der Waals surface area (Å²) in [6.45, 7) is 7.89. The molecule has 0 N–H and O–H groups in total. The Bertz CT molecular complexity index is 553. The third-order valence-electron chi connectivity index (χ3n) is 3.06. The van der Waals surface area contributed by atoms with Crippen LogP contribution in [-0.4, -0.2) is 4.98 Å². The maximum absolute atomic E-state index is 14.2. The Morgan fingerprint density at radius 2 is 1.83 bits per heavy atom. The van der Waals surface area contributed by atoms with Gasteiger partial charge in [-0.1, -0.05) is 26.8 Å². The molecule has 1 heterocycles. The summed E-state index contributed by atoms with van der Waals surface area (Å²) in [5, 5.41) is 0. The van der Waals surface area contributed by atoms with Crippen molar-refractivity contribution in [1.29, 1.82) is 0 Å². The molecule has 0 aliphatic heterocycles. The van der Waals surface area contributed by atoms with Crippen molar-refractivity contribution in [3.63, 3.8) is 0 Å². The molecule has 0 atom stereocenters. The van der Waals surface area contributed by atoms with Crippen LogP contribution in [-0.2, 0) is 5.41 Å². The number of hydrogen-bond acceptors (Lipinski definition) is 1. The summed E-state index contributed by atoms with van der Waals surface area (Å²) in [4.78, 5) is 4.11. The molecule has 0 spiro atoms. The number of benzene rings is 1. The quantitative estimate of drug-likeness (QED) is 0.719. The zero-order valence-electron chi connectivity index (χ0n) is 11.3. The summed E-state index contributed by atoms with van der Waals surface area (Å²) in [5.41, 5.74) is 3.27. The normalized spacial score (nSPS) is 11.6. The maximum Gasteiger partial charge on any atom is 0.129 e. The first-order valence-corrected chi connectivity index (χ1v) is 6.10. The highest BCUT2D eigenvalue weighted by molar-refractivity contribution is 5.64. The Hall–Kier alpha value is -1.70. The van der Waals surface area contributed by atoms with Crippen molar-refractivity contribution in [2.75, 3.05) is 0 Å². The van der Waals surface area contributed by atoms with Crippen LogP contribution in [0.4, 0.5) is 4.39 Å². The van der Waals surface area contributed by atoms with Crippen LogP contribution in [0.1, 0.15) is 31.9 Å². The minimum Gasteiger partial charge on any atom is -0.264 e. The average molecular weight is 243 g/mol. The summed E-state index contributed by atoms with van der Waals surface area (Å²) in [6.07, 6.45) is 3.55. The molecule has 2 aromatic rings. The summed E-state index contributed by atoms with van der Waals surface area (Å²) < 4.78 is 14.2. The van der Waals surface area contributed by atoms with Gasteiger partial charge in [0.05, 0.1) is 0 Å². The molecule has 18 heavy (non-hydrogen) atoms. The number of halogens is 1. The van der Waals surface area contributed by atoms with E-state index in [9.17, 15) is 4.39 Å². The van der Waals surface area contributed by atoms with Gasteiger partial charge in [-0.2, -0.15) is 0 Å². The molecule has 0 saturated heterocycles. The van der Waals surface area contributed by atoms with E-state index in [0.717, 1.165) is 16.7 Å². The smallest absolute Gasteiger partial charge is 0.129 e. The molecule has 0 bridgehead atoms. The van der Waals surface area contributed by atoms with Gasteiger partial charge in [0.15, 0.2) is 0 Å². The van der Waals surface area contributed by atoms with E-state index in [-0.39, 0.29) is 11.2 Å². The molecule has 0 saturated carbocycles. The van der Waals surface area contributed by atoms with Crippen molar-refractivity contribution >= 4 is 0 Å². The predicted molar refractivity (Wildman–Crippen MR) is 73.1 cm³/mol. The van der Waals surface area contributed by atoms with Crippen LogP contribution < -0.4 is 0 Å². The topological polar surface area (TPSA) is 12.9 Å². The highest BCUT2D eigenvalue weighted by Gasteiger charge is 2.20. The molecule has 1 nitrogen and oxygen atoms in total. The molecular formula is C16H18FN. The molecule has 2 rings (SSSR count). The van der Waals surface area contributed by atoms with Crippen molar-refractivity contribution in [1.82, 2.24) is 4.98 Å². The lowest BCUT2D eigenvalue weighted by molar-refractivity contribution is 0.519. The van der Waals surface area contributed by atoms with Crippen molar-refractivity contribution in [2.45, 2.75) is 33.1 Å². The van der Waals surface area contributed by atoms with Gasteiger partial charge in [-0.15, -0.1) is 0 Å². The van der Waals surface area contributed by atoms with E-state index >= 15 is 0 Å². The SMILES string of the molecule is Cc1cc(-c2cccnc2)cc(C(C)(C)C)c1F. The first-order chi connectivity index (χ1) is 8.39. The first-order valence-electron chi connectivity index (χ1n) is 6.10. The molecule has 1 aromatic carbocycles. The largest absolute Gasteiger partial charge is 0.264 e. The third kappa shape index (κ3) is 2.42. The van der Waals surface area contributed by atoms with E-state index in [1.54, 1.807) is 12.4 Å². The van der Waals surface area contributed by atoms with Gasteiger partial charge in [0, 0.05) is 18.0 Å². The first kappa shape index (κ1) is 12.7. The fraction of sp³-hybridized carbons (Fsp3) is 0.312. The van der Waals surface area contributed by atoms with Crippen LogP contribution in [0, 0.1) is 12.7 Å². The van der Waals surface area contributed by atoms with Crippen LogP contribution >= 0.6 is 0 Å². The van der Waals surface area contributed by atoms with Crippen molar-refractivity contribution < 1.29 is 4.39 Å². The molecule has 0 radical (unpaired) electrons. The zero-order valence-corrected chi connectivity index (χ0v) is 11.3.